The second-order valence-electron chi connectivity index (χ2n) is 4.16. The zero-order valence-electron chi connectivity index (χ0n) is 11.0. The number of hydrogen-bond acceptors (Lipinski definition) is 3. The number of aliphatic hydroxyl groups is 1. The maximum Gasteiger partial charge on any atom is 0.265 e. The minimum Gasteiger partial charge on any atom is -0.384 e. The Labute approximate surface area is 136 Å². The molecular weight excluding hydrogens is 329 g/mol. The van der Waals surface area contributed by atoms with Gasteiger partial charge in [-0.1, -0.05) is 35.0 Å². The SMILES string of the molecule is Cc1cc(C(=O)Nc2cc(Cl)ccc2Cl)sc1C#CCO. The van der Waals surface area contributed by atoms with E-state index in [4.69, 9.17) is 28.3 Å². The molecular formula is C15H11Cl2NO2S. The molecule has 0 fully saturated rings. The number of anilines is 1. The highest BCUT2D eigenvalue weighted by Crippen LogP contribution is 2.27. The Bertz CT molecular complexity index is 744. The van der Waals surface area contributed by atoms with Crippen LogP contribution in [0.5, 0.6) is 0 Å². The van der Waals surface area contributed by atoms with Gasteiger partial charge in [-0.2, -0.15) is 0 Å². The molecule has 0 unspecified atom stereocenters. The molecule has 2 N–H and O–H groups in total. The second kappa shape index (κ2) is 6.97. The summed E-state index contributed by atoms with van der Waals surface area (Å²) >= 11 is 13.2. The number of aliphatic hydroxyl groups excluding tert-OH is 1. The lowest BCUT2D eigenvalue weighted by Gasteiger charge is -2.06. The minimum atomic E-state index is -0.274. The number of aryl methyl sites for hydroxylation is 1. The fourth-order valence-corrected chi connectivity index (χ4v) is 2.89. The van der Waals surface area contributed by atoms with Gasteiger partial charge in [0.15, 0.2) is 0 Å². The molecule has 6 heteroatoms. The van der Waals surface area contributed by atoms with Gasteiger partial charge >= 0.3 is 0 Å². The van der Waals surface area contributed by atoms with Gasteiger partial charge in [-0.05, 0) is 36.8 Å². The maximum atomic E-state index is 12.2. The van der Waals surface area contributed by atoms with Gasteiger partial charge in [-0.25, -0.2) is 0 Å². The molecule has 0 aliphatic heterocycles. The molecule has 0 saturated heterocycles. The molecule has 3 nitrogen and oxygen atoms in total. The quantitative estimate of drug-likeness (QED) is 0.813. The third-order valence-corrected chi connectivity index (χ3v) is 4.32. The first-order valence-electron chi connectivity index (χ1n) is 5.98. The van der Waals surface area contributed by atoms with Crippen molar-refractivity contribution in [2.24, 2.45) is 0 Å². The number of amides is 1. The molecule has 1 amide bonds. The molecule has 1 heterocycles. The van der Waals surface area contributed by atoms with E-state index in [0.717, 1.165) is 10.4 Å². The molecule has 0 aliphatic rings. The largest absolute Gasteiger partial charge is 0.384 e. The first-order valence-corrected chi connectivity index (χ1v) is 7.55. The Morgan fingerprint density at radius 2 is 2.14 bits per heavy atom. The highest BCUT2D eigenvalue weighted by atomic mass is 35.5. The van der Waals surface area contributed by atoms with Gasteiger partial charge in [-0.3, -0.25) is 4.79 Å². The number of rotatable bonds is 2. The summed E-state index contributed by atoms with van der Waals surface area (Å²) in [5, 5.41) is 12.3. The highest BCUT2D eigenvalue weighted by Gasteiger charge is 2.13. The van der Waals surface area contributed by atoms with Crippen molar-refractivity contribution < 1.29 is 9.90 Å². The van der Waals surface area contributed by atoms with Crippen molar-refractivity contribution in [2.45, 2.75) is 6.92 Å². The third-order valence-electron chi connectivity index (χ3n) is 2.60. The van der Waals surface area contributed by atoms with Crippen LogP contribution in [0.15, 0.2) is 24.3 Å². The fourth-order valence-electron chi connectivity index (χ4n) is 1.62. The molecule has 0 radical (unpaired) electrons. The van der Waals surface area contributed by atoms with Crippen LogP contribution in [0.3, 0.4) is 0 Å². The molecule has 0 atom stereocenters. The molecule has 21 heavy (non-hydrogen) atoms. The monoisotopic (exact) mass is 339 g/mol. The van der Waals surface area contributed by atoms with Crippen LogP contribution in [-0.2, 0) is 0 Å². The Balaban J connectivity index is 2.23. The van der Waals surface area contributed by atoms with E-state index in [0.29, 0.717) is 20.6 Å². The van der Waals surface area contributed by atoms with Crippen LogP contribution in [0.25, 0.3) is 0 Å². The third kappa shape index (κ3) is 3.99. The number of hydrogen-bond donors (Lipinski definition) is 2. The molecule has 1 aromatic carbocycles. The molecule has 2 aromatic rings. The Hall–Kier alpha value is -1.51. The summed E-state index contributed by atoms with van der Waals surface area (Å²) in [6, 6.07) is 6.61. The average Bonchev–Trinajstić information content (AvgIpc) is 2.82. The van der Waals surface area contributed by atoms with Crippen LogP contribution in [0.2, 0.25) is 10.0 Å². The average molecular weight is 340 g/mol. The van der Waals surface area contributed by atoms with E-state index in [1.165, 1.54) is 11.3 Å². The first-order chi connectivity index (χ1) is 10.0. The number of thiophene rings is 1. The standard InChI is InChI=1S/C15H11Cl2NO2S/c1-9-7-14(21-13(9)3-2-6-19)15(20)18-12-8-10(16)4-5-11(12)17/h4-5,7-8,19H,6H2,1H3,(H,18,20). The van der Waals surface area contributed by atoms with Crippen molar-refractivity contribution in [2.75, 3.05) is 11.9 Å². The van der Waals surface area contributed by atoms with Gasteiger partial charge in [0, 0.05) is 5.02 Å². The van der Waals surface area contributed by atoms with Crippen molar-refractivity contribution >= 4 is 46.1 Å². The van der Waals surface area contributed by atoms with E-state index in [-0.39, 0.29) is 12.5 Å². The van der Waals surface area contributed by atoms with Crippen LogP contribution in [-0.4, -0.2) is 17.6 Å². The smallest absolute Gasteiger partial charge is 0.265 e. The lowest BCUT2D eigenvalue weighted by atomic mass is 10.2. The zero-order chi connectivity index (χ0) is 15.4. The minimum absolute atomic E-state index is 0.211. The van der Waals surface area contributed by atoms with E-state index in [2.05, 4.69) is 17.2 Å². The van der Waals surface area contributed by atoms with Crippen molar-refractivity contribution in [3.05, 3.63) is 49.6 Å². The summed E-state index contributed by atoms with van der Waals surface area (Å²) in [4.78, 5) is 13.5. The van der Waals surface area contributed by atoms with E-state index in [9.17, 15) is 4.79 Å². The number of carbonyl (C=O) groups excluding carboxylic acids is 1. The molecule has 0 bridgehead atoms. The van der Waals surface area contributed by atoms with Crippen LogP contribution in [0, 0.1) is 18.8 Å². The summed E-state index contributed by atoms with van der Waals surface area (Å²) in [5.74, 6) is 5.11. The molecule has 0 spiro atoms. The van der Waals surface area contributed by atoms with Crippen LogP contribution < -0.4 is 5.32 Å². The van der Waals surface area contributed by atoms with Gasteiger partial charge in [0.2, 0.25) is 0 Å². The molecule has 2 rings (SSSR count). The van der Waals surface area contributed by atoms with Crippen molar-refractivity contribution in [1.82, 2.24) is 0 Å². The van der Waals surface area contributed by atoms with Crippen LogP contribution in [0.1, 0.15) is 20.1 Å². The van der Waals surface area contributed by atoms with Gasteiger partial charge < -0.3 is 10.4 Å². The fraction of sp³-hybridized carbons (Fsp3) is 0.133. The zero-order valence-corrected chi connectivity index (χ0v) is 13.4. The number of halogens is 2. The summed E-state index contributed by atoms with van der Waals surface area (Å²) in [5.41, 5.74) is 1.35. The van der Waals surface area contributed by atoms with E-state index in [1.807, 2.05) is 6.92 Å². The summed E-state index contributed by atoms with van der Waals surface area (Å²) < 4.78 is 0. The molecule has 108 valence electrons. The topological polar surface area (TPSA) is 49.3 Å². The Kier molecular flexibility index (Phi) is 5.27. The number of benzene rings is 1. The molecule has 0 saturated carbocycles. The van der Waals surface area contributed by atoms with Gasteiger partial charge in [-0.15, -0.1) is 11.3 Å². The van der Waals surface area contributed by atoms with Gasteiger partial charge in [0.1, 0.15) is 6.61 Å². The summed E-state index contributed by atoms with van der Waals surface area (Å²) in [6.07, 6.45) is 0. The summed E-state index contributed by atoms with van der Waals surface area (Å²) in [7, 11) is 0. The molecule has 0 aliphatic carbocycles. The van der Waals surface area contributed by atoms with E-state index in [1.54, 1.807) is 24.3 Å². The second-order valence-corrected chi connectivity index (χ2v) is 6.06. The lowest BCUT2D eigenvalue weighted by molar-refractivity contribution is 0.103. The maximum absolute atomic E-state index is 12.2. The van der Waals surface area contributed by atoms with E-state index >= 15 is 0 Å². The predicted octanol–water partition coefficient (Wildman–Crippen LogP) is 3.96. The van der Waals surface area contributed by atoms with Crippen molar-refractivity contribution in [3.63, 3.8) is 0 Å². The normalized spacial score (nSPS) is 9.90. The Morgan fingerprint density at radius 1 is 1.38 bits per heavy atom. The first kappa shape index (κ1) is 15.9. The van der Waals surface area contributed by atoms with Gasteiger partial charge in [0.05, 0.1) is 20.5 Å². The highest BCUT2D eigenvalue weighted by molar-refractivity contribution is 7.14. The van der Waals surface area contributed by atoms with Crippen LogP contribution >= 0.6 is 34.5 Å². The number of carbonyl (C=O) groups is 1. The number of nitrogens with one attached hydrogen (secondary N) is 1. The summed E-state index contributed by atoms with van der Waals surface area (Å²) in [6.45, 7) is 1.65. The van der Waals surface area contributed by atoms with Crippen LogP contribution in [0.4, 0.5) is 5.69 Å². The van der Waals surface area contributed by atoms with Gasteiger partial charge in [0.25, 0.3) is 5.91 Å². The predicted molar refractivity (Wildman–Crippen MR) is 87.4 cm³/mol. The Morgan fingerprint density at radius 3 is 2.86 bits per heavy atom. The molecule has 1 aromatic heterocycles. The van der Waals surface area contributed by atoms with E-state index < -0.39 is 0 Å². The lowest BCUT2D eigenvalue weighted by Crippen LogP contribution is -2.10. The van der Waals surface area contributed by atoms with Crippen molar-refractivity contribution in [1.29, 1.82) is 0 Å². The van der Waals surface area contributed by atoms with Crippen molar-refractivity contribution in [3.8, 4) is 11.8 Å².